The summed E-state index contributed by atoms with van der Waals surface area (Å²) in [5, 5.41) is 3.64. The first-order chi connectivity index (χ1) is 9.22. The van der Waals surface area contributed by atoms with Crippen molar-refractivity contribution in [1.82, 2.24) is 0 Å². The summed E-state index contributed by atoms with van der Waals surface area (Å²) in [6.07, 6.45) is 1.17. The van der Waals surface area contributed by atoms with Gasteiger partial charge < -0.3 is 5.32 Å². The third-order valence-electron chi connectivity index (χ3n) is 3.78. The van der Waals surface area contributed by atoms with E-state index in [0.29, 0.717) is 12.0 Å². The summed E-state index contributed by atoms with van der Waals surface area (Å²) in [4.78, 5) is 0. The van der Waals surface area contributed by atoms with Crippen LogP contribution in [0.1, 0.15) is 50.3 Å². The largest absolute Gasteiger partial charge is 0.378 e. The average Bonchev–Trinajstić information content (AvgIpc) is 2.48. The monoisotopic (exact) mass is 253 g/mol. The van der Waals surface area contributed by atoms with Crippen LogP contribution in [-0.4, -0.2) is 0 Å². The van der Waals surface area contributed by atoms with E-state index < -0.39 is 0 Å². The first-order valence-corrected chi connectivity index (χ1v) is 7.12. The number of hydrogen-bond acceptors (Lipinski definition) is 1. The number of rotatable bonds is 5. The van der Waals surface area contributed by atoms with Gasteiger partial charge in [-0.15, -0.1) is 0 Å². The molecule has 2 unspecified atom stereocenters. The van der Waals surface area contributed by atoms with E-state index in [0.717, 1.165) is 0 Å². The van der Waals surface area contributed by atoms with Crippen molar-refractivity contribution in [2.24, 2.45) is 0 Å². The van der Waals surface area contributed by atoms with Gasteiger partial charge in [0, 0.05) is 11.7 Å². The Balaban J connectivity index is 2.19. The zero-order valence-electron chi connectivity index (χ0n) is 12.1. The van der Waals surface area contributed by atoms with Gasteiger partial charge in [0.15, 0.2) is 0 Å². The quantitative estimate of drug-likeness (QED) is 0.755. The fraction of sp³-hybridized carbons (Fsp3) is 0.333. The van der Waals surface area contributed by atoms with Crippen molar-refractivity contribution in [2.45, 2.75) is 39.2 Å². The zero-order valence-corrected chi connectivity index (χ0v) is 12.1. The van der Waals surface area contributed by atoms with Gasteiger partial charge in [0.1, 0.15) is 0 Å². The fourth-order valence-electron chi connectivity index (χ4n) is 2.34. The molecule has 2 aromatic carbocycles. The van der Waals surface area contributed by atoms with E-state index in [1.165, 1.54) is 23.2 Å². The third kappa shape index (κ3) is 3.37. The lowest BCUT2D eigenvalue weighted by molar-refractivity contribution is 0.731. The molecule has 0 radical (unpaired) electrons. The van der Waals surface area contributed by atoms with Gasteiger partial charge in [-0.3, -0.25) is 0 Å². The topological polar surface area (TPSA) is 12.0 Å². The summed E-state index contributed by atoms with van der Waals surface area (Å²) in [7, 11) is 0. The second-order valence-electron chi connectivity index (χ2n) is 5.17. The maximum Gasteiger partial charge on any atom is 0.0485 e. The van der Waals surface area contributed by atoms with E-state index in [2.05, 4.69) is 80.7 Å². The molecule has 0 aliphatic rings. The summed E-state index contributed by atoms with van der Waals surface area (Å²) in [5.41, 5.74) is 3.99. The molecule has 0 aliphatic heterocycles. The van der Waals surface area contributed by atoms with Crippen LogP contribution in [0.25, 0.3) is 0 Å². The first-order valence-electron chi connectivity index (χ1n) is 7.12. The summed E-state index contributed by atoms with van der Waals surface area (Å²) in [6.45, 7) is 6.73. The molecule has 0 amide bonds. The molecule has 0 fully saturated rings. The summed E-state index contributed by atoms with van der Waals surface area (Å²) < 4.78 is 0. The van der Waals surface area contributed by atoms with Crippen molar-refractivity contribution in [2.75, 3.05) is 5.32 Å². The van der Waals surface area contributed by atoms with Crippen molar-refractivity contribution in [1.29, 1.82) is 0 Å². The summed E-state index contributed by atoms with van der Waals surface area (Å²) >= 11 is 0. The second kappa shape index (κ2) is 6.42. The van der Waals surface area contributed by atoms with Crippen LogP contribution in [0.4, 0.5) is 5.69 Å². The minimum atomic E-state index is 0.325. The summed E-state index contributed by atoms with van der Waals surface area (Å²) in [6, 6.07) is 19.5. The van der Waals surface area contributed by atoms with Crippen molar-refractivity contribution in [3.05, 3.63) is 65.7 Å². The Bertz CT molecular complexity index is 504. The van der Waals surface area contributed by atoms with Crippen LogP contribution < -0.4 is 5.32 Å². The lowest BCUT2D eigenvalue weighted by atomic mass is 9.96. The maximum atomic E-state index is 3.64. The van der Waals surface area contributed by atoms with Crippen LogP contribution in [0.5, 0.6) is 0 Å². The smallest absolute Gasteiger partial charge is 0.0485 e. The highest BCUT2D eigenvalue weighted by Crippen LogP contribution is 2.29. The van der Waals surface area contributed by atoms with E-state index in [1.807, 2.05) is 0 Å². The van der Waals surface area contributed by atoms with Crippen LogP contribution in [-0.2, 0) is 0 Å². The first kappa shape index (κ1) is 13.7. The van der Waals surface area contributed by atoms with E-state index >= 15 is 0 Å². The van der Waals surface area contributed by atoms with Gasteiger partial charge in [0.2, 0.25) is 0 Å². The molecule has 0 aliphatic carbocycles. The Kier molecular flexibility index (Phi) is 4.62. The molecule has 100 valence electrons. The Labute approximate surface area is 116 Å². The van der Waals surface area contributed by atoms with Crippen molar-refractivity contribution >= 4 is 5.69 Å². The fourth-order valence-corrected chi connectivity index (χ4v) is 2.34. The molecule has 1 heteroatoms. The Morgan fingerprint density at radius 3 is 2.21 bits per heavy atom. The molecule has 1 nitrogen and oxygen atoms in total. The zero-order chi connectivity index (χ0) is 13.7. The van der Waals surface area contributed by atoms with Crippen LogP contribution in [0.2, 0.25) is 0 Å². The van der Waals surface area contributed by atoms with Gasteiger partial charge in [-0.05, 0) is 36.5 Å². The number of anilines is 1. The second-order valence-corrected chi connectivity index (χ2v) is 5.17. The van der Waals surface area contributed by atoms with Gasteiger partial charge in [0.05, 0.1) is 0 Å². The molecule has 0 bridgehead atoms. The Morgan fingerprint density at radius 1 is 0.895 bits per heavy atom. The maximum absolute atomic E-state index is 3.64. The summed E-state index contributed by atoms with van der Waals surface area (Å²) in [5.74, 6) is 0.590. The van der Waals surface area contributed by atoms with Gasteiger partial charge in [-0.2, -0.15) is 0 Å². The minimum Gasteiger partial charge on any atom is -0.378 e. The van der Waals surface area contributed by atoms with Crippen LogP contribution >= 0.6 is 0 Å². The van der Waals surface area contributed by atoms with E-state index in [4.69, 9.17) is 0 Å². The van der Waals surface area contributed by atoms with E-state index in [-0.39, 0.29) is 0 Å². The van der Waals surface area contributed by atoms with Gasteiger partial charge in [-0.1, -0.05) is 62.4 Å². The lowest BCUT2D eigenvalue weighted by Gasteiger charge is -2.21. The molecule has 2 atom stereocenters. The third-order valence-corrected chi connectivity index (χ3v) is 3.78. The highest BCUT2D eigenvalue weighted by molar-refractivity contribution is 5.54. The molecule has 0 saturated heterocycles. The van der Waals surface area contributed by atoms with Crippen LogP contribution in [0, 0.1) is 0 Å². The van der Waals surface area contributed by atoms with E-state index in [1.54, 1.807) is 0 Å². The van der Waals surface area contributed by atoms with Crippen molar-refractivity contribution in [3.63, 3.8) is 0 Å². The highest BCUT2D eigenvalue weighted by Gasteiger charge is 2.11. The number of benzene rings is 2. The predicted octanol–water partition coefficient (Wildman–Crippen LogP) is 5.37. The standard InChI is InChI=1S/C18H23N/c1-4-14(2)17-12-8-9-13-18(17)19-15(3)16-10-6-5-7-11-16/h5-15,19H,4H2,1-3H3. The SMILES string of the molecule is CCC(C)c1ccccc1NC(C)c1ccccc1. The molecular weight excluding hydrogens is 230 g/mol. The van der Waals surface area contributed by atoms with Crippen molar-refractivity contribution < 1.29 is 0 Å². The molecule has 19 heavy (non-hydrogen) atoms. The van der Waals surface area contributed by atoms with Gasteiger partial charge in [-0.25, -0.2) is 0 Å². The molecule has 0 heterocycles. The molecular formula is C18H23N. The number of nitrogens with one attached hydrogen (secondary N) is 1. The molecule has 1 N–H and O–H groups in total. The number of hydrogen-bond donors (Lipinski definition) is 1. The van der Waals surface area contributed by atoms with Crippen molar-refractivity contribution in [3.8, 4) is 0 Å². The number of para-hydroxylation sites is 1. The Hall–Kier alpha value is -1.76. The molecule has 2 rings (SSSR count). The normalized spacial score (nSPS) is 13.8. The van der Waals surface area contributed by atoms with Gasteiger partial charge in [0.25, 0.3) is 0 Å². The van der Waals surface area contributed by atoms with Gasteiger partial charge >= 0.3 is 0 Å². The molecule has 2 aromatic rings. The van der Waals surface area contributed by atoms with E-state index in [9.17, 15) is 0 Å². The molecule has 0 spiro atoms. The Morgan fingerprint density at radius 2 is 1.53 bits per heavy atom. The van der Waals surface area contributed by atoms with Crippen LogP contribution in [0.3, 0.4) is 0 Å². The average molecular weight is 253 g/mol. The highest BCUT2D eigenvalue weighted by atomic mass is 14.9. The lowest BCUT2D eigenvalue weighted by Crippen LogP contribution is -2.09. The molecule has 0 saturated carbocycles. The van der Waals surface area contributed by atoms with Crippen LogP contribution in [0.15, 0.2) is 54.6 Å². The minimum absolute atomic E-state index is 0.325. The molecule has 0 aromatic heterocycles. The predicted molar refractivity (Wildman–Crippen MR) is 83.6 cm³/mol.